The number of carbonyl (C=O) groups is 1. The molecule has 0 bridgehead atoms. The zero-order chi connectivity index (χ0) is 15.2. The molecular weight excluding hydrogens is 258 g/mol. The second-order valence-electron chi connectivity index (χ2n) is 4.78. The molecule has 1 aliphatic rings. The molecule has 1 saturated heterocycles. The Morgan fingerprint density at radius 2 is 1.95 bits per heavy atom. The molecule has 2 heteroatoms. The lowest BCUT2D eigenvalue weighted by Crippen LogP contribution is -2.34. The number of carbonyl (C=O) groups excluding carboxylic acids is 1. The predicted molar refractivity (Wildman–Crippen MR) is 88.3 cm³/mol. The highest BCUT2D eigenvalue weighted by molar-refractivity contribution is 5.87. The standard InChI is InChI=1S/C19H23NO/c1-2-3-4-5-6-7-8-9-10-11-13-16-19(21)20-17-14-12-15-18-20/h2-3,10-11,13,16H,8-9,12,14-15,17-18H2,1H3. The number of likely N-dealkylation sites (tertiary alicyclic amines) is 1. The molecule has 1 aliphatic heterocycles. The lowest BCUT2D eigenvalue weighted by Gasteiger charge is -2.25. The van der Waals surface area contributed by atoms with Crippen molar-refractivity contribution in [2.75, 3.05) is 13.1 Å². The third-order valence-electron chi connectivity index (χ3n) is 3.06. The van der Waals surface area contributed by atoms with Gasteiger partial charge in [-0.15, -0.1) is 0 Å². The van der Waals surface area contributed by atoms with Gasteiger partial charge in [-0.2, -0.15) is 0 Å². The summed E-state index contributed by atoms with van der Waals surface area (Å²) in [6, 6.07) is 0. The van der Waals surface area contributed by atoms with Gasteiger partial charge in [-0.25, -0.2) is 0 Å². The van der Waals surface area contributed by atoms with Gasteiger partial charge in [0.2, 0.25) is 5.91 Å². The maximum absolute atomic E-state index is 11.8. The number of nitrogens with zero attached hydrogens (tertiary/aromatic N) is 1. The van der Waals surface area contributed by atoms with Crippen LogP contribution in [0.15, 0.2) is 36.5 Å². The normalized spacial score (nSPS) is 15.0. The van der Waals surface area contributed by atoms with Gasteiger partial charge in [0.25, 0.3) is 0 Å². The Bertz CT molecular complexity index is 511. The van der Waals surface area contributed by atoms with Crippen LogP contribution in [0.2, 0.25) is 0 Å². The number of hydrogen-bond donors (Lipinski definition) is 0. The second-order valence-corrected chi connectivity index (χ2v) is 4.78. The molecule has 1 amide bonds. The van der Waals surface area contributed by atoms with E-state index in [1.165, 1.54) is 6.42 Å². The topological polar surface area (TPSA) is 20.3 Å². The molecule has 0 N–H and O–H groups in total. The fourth-order valence-corrected chi connectivity index (χ4v) is 1.96. The summed E-state index contributed by atoms with van der Waals surface area (Å²) in [6.07, 6.45) is 16.2. The summed E-state index contributed by atoms with van der Waals surface area (Å²) < 4.78 is 0. The summed E-state index contributed by atoms with van der Waals surface area (Å²) in [5.74, 6) is 11.5. The van der Waals surface area contributed by atoms with Crippen molar-refractivity contribution in [1.82, 2.24) is 4.90 Å². The molecule has 0 aromatic rings. The fourth-order valence-electron chi connectivity index (χ4n) is 1.96. The first-order chi connectivity index (χ1) is 10.3. The monoisotopic (exact) mass is 281 g/mol. The summed E-state index contributed by atoms with van der Waals surface area (Å²) in [5.41, 5.74) is 0. The molecule has 2 nitrogen and oxygen atoms in total. The van der Waals surface area contributed by atoms with E-state index in [1.54, 1.807) is 12.2 Å². The third-order valence-corrected chi connectivity index (χ3v) is 3.06. The van der Waals surface area contributed by atoms with E-state index < -0.39 is 0 Å². The number of piperidine rings is 1. The molecule has 21 heavy (non-hydrogen) atoms. The van der Waals surface area contributed by atoms with Crippen molar-refractivity contribution >= 4 is 5.91 Å². The van der Waals surface area contributed by atoms with Crippen LogP contribution in [0.4, 0.5) is 0 Å². The molecule has 1 fully saturated rings. The van der Waals surface area contributed by atoms with Crippen molar-refractivity contribution in [2.45, 2.75) is 39.0 Å². The molecule has 0 aliphatic carbocycles. The molecule has 0 spiro atoms. The van der Waals surface area contributed by atoms with Crippen LogP contribution in [-0.2, 0) is 4.79 Å². The van der Waals surface area contributed by atoms with Gasteiger partial charge in [-0.1, -0.05) is 36.1 Å². The van der Waals surface area contributed by atoms with Crippen molar-refractivity contribution in [3.05, 3.63) is 36.5 Å². The highest BCUT2D eigenvalue weighted by Gasteiger charge is 2.12. The van der Waals surface area contributed by atoms with Gasteiger partial charge >= 0.3 is 0 Å². The predicted octanol–water partition coefficient (Wildman–Crippen LogP) is 3.47. The minimum Gasteiger partial charge on any atom is -0.339 e. The quantitative estimate of drug-likeness (QED) is 0.334. The van der Waals surface area contributed by atoms with Gasteiger partial charge in [-0.3, -0.25) is 4.79 Å². The maximum atomic E-state index is 11.8. The number of unbranched alkanes of at least 4 members (excludes halogenated alkanes) is 1. The average Bonchev–Trinajstić information content (AvgIpc) is 2.53. The Morgan fingerprint density at radius 1 is 1.14 bits per heavy atom. The largest absolute Gasteiger partial charge is 0.339 e. The molecule has 0 aromatic carbocycles. The summed E-state index contributed by atoms with van der Waals surface area (Å²) in [4.78, 5) is 13.7. The summed E-state index contributed by atoms with van der Waals surface area (Å²) in [7, 11) is 0. The summed E-state index contributed by atoms with van der Waals surface area (Å²) >= 11 is 0. The van der Waals surface area contributed by atoms with E-state index in [4.69, 9.17) is 0 Å². The minimum absolute atomic E-state index is 0.124. The van der Waals surface area contributed by atoms with Gasteiger partial charge in [0, 0.05) is 25.6 Å². The number of hydrogen-bond acceptors (Lipinski definition) is 1. The molecule has 0 atom stereocenters. The van der Waals surface area contributed by atoms with Crippen molar-refractivity contribution in [3.8, 4) is 23.7 Å². The van der Waals surface area contributed by atoms with E-state index in [0.29, 0.717) is 0 Å². The van der Waals surface area contributed by atoms with E-state index in [9.17, 15) is 4.79 Å². The van der Waals surface area contributed by atoms with Crippen molar-refractivity contribution in [3.63, 3.8) is 0 Å². The Balaban J connectivity index is 2.18. The first-order valence-corrected chi connectivity index (χ1v) is 7.56. The molecular formula is C19H23NO. The minimum atomic E-state index is 0.124. The number of amides is 1. The molecule has 1 heterocycles. The lowest BCUT2D eigenvalue weighted by molar-refractivity contribution is -0.126. The van der Waals surface area contributed by atoms with Crippen LogP contribution < -0.4 is 0 Å². The van der Waals surface area contributed by atoms with Gasteiger partial charge in [0.05, 0.1) is 0 Å². The highest BCUT2D eigenvalue weighted by Crippen LogP contribution is 2.08. The highest BCUT2D eigenvalue weighted by atomic mass is 16.2. The molecule has 0 radical (unpaired) electrons. The van der Waals surface area contributed by atoms with Crippen LogP contribution >= 0.6 is 0 Å². The average molecular weight is 281 g/mol. The molecule has 1 rings (SSSR count). The van der Waals surface area contributed by atoms with E-state index in [-0.39, 0.29) is 5.91 Å². The third kappa shape index (κ3) is 8.56. The number of allylic oxidation sites excluding steroid dienone is 5. The maximum Gasteiger partial charge on any atom is 0.246 e. The molecule has 0 aromatic heterocycles. The Hall–Kier alpha value is -2.19. The smallest absolute Gasteiger partial charge is 0.246 e. The van der Waals surface area contributed by atoms with E-state index >= 15 is 0 Å². The first-order valence-electron chi connectivity index (χ1n) is 7.56. The van der Waals surface area contributed by atoms with Crippen molar-refractivity contribution < 1.29 is 4.79 Å². The van der Waals surface area contributed by atoms with Crippen LogP contribution in [0, 0.1) is 23.7 Å². The fraction of sp³-hybridized carbons (Fsp3) is 0.421. The second kappa shape index (κ2) is 11.6. The van der Waals surface area contributed by atoms with Gasteiger partial charge in [-0.05, 0) is 50.5 Å². The first kappa shape index (κ1) is 16.9. The molecule has 0 saturated carbocycles. The van der Waals surface area contributed by atoms with Gasteiger partial charge in [0.1, 0.15) is 0 Å². The van der Waals surface area contributed by atoms with E-state index in [1.807, 2.05) is 36.1 Å². The van der Waals surface area contributed by atoms with Crippen LogP contribution in [0.5, 0.6) is 0 Å². The Morgan fingerprint density at radius 3 is 2.71 bits per heavy atom. The lowest BCUT2D eigenvalue weighted by atomic mass is 10.1. The van der Waals surface area contributed by atoms with Crippen LogP contribution in [-0.4, -0.2) is 23.9 Å². The van der Waals surface area contributed by atoms with Crippen molar-refractivity contribution in [2.24, 2.45) is 0 Å². The molecule has 110 valence electrons. The Kier molecular flexibility index (Phi) is 9.33. The number of rotatable bonds is 4. The SMILES string of the molecule is CC=CC#CC#CCCC=CC=CC(=O)N1CCCCC1. The van der Waals surface area contributed by atoms with Crippen LogP contribution in [0.1, 0.15) is 39.0 Å². The van der Waals surface area contributed by atoms with Gasteiger partial charge < -0.3 is 4.90 Å². The van der Waals surface area contributed by atoms with E-state index in [0.717, 1.165) is 38.8 Å². The summed E-state index contributed by atoms with van der Waals surface area (Å²) in [6.45, 7) is 3.73. The van der Waals surface area contributed by atoms with Crippen LogP contribution in [0.3, 0.4) is 0 Å². The molecule has 0 unspecified atom stereocenters. The Labute approximate surface area is 128 Å². The van der Waals surface area contributed by atoms with Crippen molar-refractivity contribution in [1.29, 1.82) is 0 Å². The van der Waals surface area contributed by atoms with E-state index in [2.05, 4.69) is 23.7 Å². The zero-order valence-corrected chi connectivity index (χ0v) is 12.8. The summed E-state index contributed by atoms with van der Waals surface area (Å²) in [5, 5.41) is 0. The van der Waals surface area contributed by atoms with Gasteiger partial charge in [0.15, 0.2) is 0 Å². The zero-order valence-electron chi connectivity index (χ0n) is 12.8. The van der Waals surface area contributed by atoms with Crippen LogP contribution in [0.25, 0.3) is 0 Å².